The first-order chi connectivity index (χ1) is 8.15. The van der Waals surface area contributed by atoms with Crippen LogP contribution in [0.4, 0.5) is 11.5 Å². The molecule has 94 valence electrons. The van der Waals surface area contributed by atoms with Gasteiger partial charge in [-0.05, 0) is 24.9 Å². The summed E-state index contributed by atoms with van der Waals surface area (Å²) in [6.07, 6.45) is 5.42. The third-order valence-electron chi connectivity index (χ3n) is 2.11. The van der Waals surface area contributed by atoms with Crippen molar-refractivity contribution in [3.8, 4) is 0 Å². The first kappa shape index (κ1) is 14.1. The Hall–Kier alpha value is -1.01. The number of nitrogens with one attached hydrogen (secondary N) is 1. The summed E-state index contributed by atoms with van der Waals surface area (Å²) >= 11 is 7.69. The quantitative estimate of drug-likeness (QED) is 0.470. The van der Waals surface area contributed by atoms with E-state index in [9.17, 15) is 10.1 Å². The Morgan fingerprint density at radius 1 is 1.59 bits per heavy atom. The van der Waals surface area contributed by atoms with E-state index in [4.69, 9.17) is 11.6 Å². The molecule has 0 aromatic carbocycles. The highest BCUT2D eigenvalue weighted by Crippen LogP contribution is 2.23. The third-order valence-corrected chi connectivity index (χ3v) is 3.09. The van der Waals surface area contributed by atoms with Gasteiger partial charge in [0.15, 0.2) is 0 Å². The van der Waals surface area contributed by atoms with Crippen molar-refractivity contribution in [3.05, 3.63) is 27.4 Å². The second-order valence-electron chi connectivity index (χ2n) is 3.41. The van der Waals surface area contributed by atoms with Crippen molar-refractivity contribution in [2.45, 2.75) is 12.8 Å². The lowest BCUT2D eigenvalue weighted by molar-refractivity contribution is -0.385. The van der Waals surface area contributed by atoms with Crippen LogP contribution in [0.1, 0.15) is 12.8 Å². The van der Waals surface area contributed by atoms with Gasteiger partial charge in [0.1, 0.15) is 12.0 Å². The molecule has 0 amide bonds. The maximum absolute atomic E-state index is 10.5. The fourth-order valence-corrected chi connectivity index (χ4v) is 1.96. The van der Waals surface area contributed by atoms with Crippen LogP contribution in [0, 0.1) is 10.1 Å². The minimum Gasteiger partial charge on any atom is -0.369 e. The van der Waals surface area contributed by atoms with Gasteiger partial charge in [-0.25, -0.2) is 4.98 Å². The van der Waals surface area contributed by atoms with Gasteiger partial charge in [0, 0.05) is 12.6 Å². The summed E-state index contributed by atoms with van der Waals surface area (Å²) in [6.45, 7) is 0.769. The molecule has 0 saturated heterocycles. The fraction of sp³-hybridized carbons (Fsp3) is 0.500. The molecule has 7 heteroatoms. The van der Waals surface area contributed by atoms with Gasteiger partial charge in [0.05, 0.1) is 9.95 Å². The highest BCUT2D eigenvalue weighted by molar-refractivity contribution is 7.98. The highest BCUT2D eigenvalue weighted by atomic mass is 35.5. The lowest BCUT2D eigenvalue weighted by Crippen LogP contribution is -2.04. The largest absolute Gasteiger partial charge is 0.369 e. The Bertz CT molecular complexity index is 390. The molecule has 1 aromatic rings. The Balaban J connectivity index is 2.46. The van der Waals surface area contributed by atoms with Gasteiger partial charge < -0.3 is 5.32 Å². The Labute approximate surface area is 109 Å². The van der Waals surface area contributed by atoms with Crippen molar-refractivity contribution in [3.63, 3.8) is 0 Å². The normalized spacial score (nSPS) is 10.2. The Morgan fingerprint density at radius 2 is 2.35 bits per heavy atom. The second-order valence-corrected chi connectivity index (χ2v) is 4.80. The number of aromatic nitrogens is 1. The minimum absolute atomic E-state index is 0.0945. The lowest BCUT2D eigenvalue weighted by atomic mass is 10.3. The van der Waals surface area contributed by atoms with Crippen LogP contribution in [-0.4, -0.2) is 28.5 Å². The number of hydrogen-bond acceptors (Lipinski definition) is 5. The standard InChI is InChI=1S/C10H14ClN3O2S/c1-17-5-3-2-4-12-10-9(11)6-8(7-13-10)14(15)16/h6-7H,2-5H2,1H3,(H,12,13). The summed E-state index contributed by atoms with van der Waals surface area (Å²) in [5, 5.41) is 13.8. The van der Waals surface area contributed by atoms with Crippen LogP contribution in [0.25, 0.3) is 0 Å². The van der Waals surface area contributed by atoms with E-state index in [1.54, 1.807) is 0 Å². The topological polar surface area (TPSA) is 68.1 Å². The Kier molecular flexibility index (Phi) is 6.07. The molecule has 17 heavy (non-hydrogen) atoms. The molecule has 1 rings (SSSR count). The summed E-state index contributed by atoms with van der Waals surface area (Å²) in [5.41, 5.74) is -0.0945. The molecular formula is C10H14ClN3O2S. The van der Waals surface area contributed by atoms with E-state index in [1.165, 1.54) is 12.3 Å². The minimum atomic E-state index is -0.513. The monoisotopic (exact) mass is 275 g/mol. The van der Waals surface area contributed by atoms with E-state index in [0.717, 1.165) is 25.1 Å². The number of nitro groups is 1. The van der Waals surface area contributed by atoms with E-state index in [1.807, 2.05) is 11.8 Å². The number of hydrogen-bond donors (Lipinski definition) is 1. The van der Waals surface area contributed by atoms with Gasteiger partial charge in [0.25, 0.3) is 5.69 Å². The van der Waals surface area contributed by atoms with Gasteiger partial charge >= 0.3 is 0 Å². The van der Waals surface area contributed by atoms with E-state index in [2.05, 4.69) is 16.6 Å². The van der Waals surface area contributed by atoms with E-state index in [0.29, 0.717) is 5.82 Å². The van der Waals surface area contributed by atoms with Gasteiger partial charge in [-0.1, -0.05) is 11.6 Å². The molecular weight excluding hydrogens is 262 g/mol. The zero-order chi connectivity index (χ0) is 12.7. The SMILES string of the molecule is CSCCCCNc1ncc([N+](=O)[O-])cc1Cl. The van der Waals surface area contributed by atoms with Gasteiger partial charge in [-0.2, -0.15) is 11.8 Å². The molecule has 1 aromatic heterocycles. The van der Waals surface area contributed by atoms with Crippen LogP contribution >= 0.6 is 23.4 Å². The molecule has 5 nitrogen and oxygen atoms in total. The molecule has 0 saturated carbocycles. The molecule has 0 radical (unpaired) electrons. The van der Waals surface area contributed by atoms with Crippen LogP contribution in [0.15, 0.2) is 12.3 Å². The van der Waals surface area contributed by atoms with Crippen molar-refractivity contribution in [2.75, 3.05) is 23.9 Å². The van der Waals surface area contributed by atoms with Crippen LogP contribution in [0.3, 0.4) is 0 Å². The number of halogens is 1. The zero-order valence-corrected chi connectivity index (χ0v) is 11.1. The number of pyridine rings is 1. The van der Waals surface area contributed by atoms with Gasteiger partial charge in [-0.15, -0.1) is 0 Å². The smallest absolute Gasteiger partial charge is 0.289 e. The fourth-order valence-electron chi connectivity index (χ4n) is 1.24. The van der Waals surface area contributed by atoms with E-state index < -0.39 is 4.92 Å². The molecule has 0 fully saturated rings. The summed E-state index contributed by atoms with van der Waals surface area (Å²) in [5.74, 6) is 1.63. The van der Waals surface area contributed by atoms with Crippen molar-refractivity contribution in [1.29, 1.82) is 0 Å². The molecule has 0 aliphatic carbocycles. The van der Waals surface area contributed by atoms with Gasteiger partial charge in [0.2, 0.25) is 0 Å². The summed E-state index contributed by atoms with van der Waals surface area (Å²) in [7, 11) is 0. The van der Waals surface area contributed by atoms with Crippen molar-refractivity contribution >= 4 is 34.9 Å². The first-order valence-corrected chi connectivity index (χ1v) is 6.95. The average molecular weight is 276 g/mol. The van der Waals surface area contributed by atoms with E-state index in [-0.39, 0.29) is 10.7 Å². The molecule has 0 spiro atoms. The summed E-state index contributed by atoms with van der Waals surface area (Å²) in [4.78, 5) is 13.9. The van der Waals surface area contributed by atoms with Crippen molar-refractivity contribution < 1.29 is 4.92 Å². The molecule has 0 atom stereocenters. The second kappa shape index (κ2) is 7.34. The zero-order valence-electron chi connectivity index (χ0n) is 9.48. The number of rotatable bonds is 7. The maximum Gasteiger partial charge on any atom is 0.289 e. The molecule has 1 heterocycles. The number of unbranched alkanes of at least 4 members (excludes halogenated alkanes) is 1. The number of thioether (sulfide) groups is 1. The van der Waals surface area contributed by atoms with Crippen LogP contribution < -0.4 is 5.32 Å². The Morgan fingerprint density at radius 3 is 2.94 bits per heavy atom. The average Bonchev–Trinajstić information content (AvgIpc) is 2.30. The summed E-state index contributed by atoms with van der Waals surface area (Å²) in [6, 6.07) is 1.30. The maximum atomic E-state index is 10.5. The van der Waals surface area contributed by atoms with Crippen LogP contribution in [0.2, 0.25) is 5.02 Å². The molecule has 0 unspecified atom stereocenters. The predicted octanol–water partition coefficient (Wildman–Crippen LogP) is 3.20. The first-order valence-electron chi connectivity index (χ1n) is 5.18. The summed E-state index contributed by atoms with van der Waals surface area (Å²) < 4.78 is 0. The molecule has 1 N–H and O–H groups in total. The van der Waals surface area contributed by atoms with Crippen LogP contribution in [0.5, 0.6) is 0 Å². The van der Waals surface area contributed by atoms with Crippen molar-refractivity contribution in [2.24, 2.45) is 0 Å². The predicted molar refractivity (Wildman–Crippen MR) is 72.0 cm³/mol. The molecule has 0 bridgehead atoms. The van der Waals surface area contributed by atoms with Gasteiger partial charge in [-0.3, -0.25) is 10.1 Å². The van der Waals surface area contributed by atoms with Crippen LogP contribution in [-0.2, 0) is 0 Å². The highest BCUT2D eigenvalue weighted by Gasteiger charge is 2.10. The van der Waals surface area contributed by atoms with E-state index >= 15 is 0 Å². The lowest BCUT2D eigenvalue weighted by Gasteiger charge is -2.06. The molecule has 0 aliphatic heterocycles. The third kappa shape index (κ3) is 4.79. The molecule has 0 aliphatic rings. The van der Waals surface area contributed by atoms with Crippen molar-refractivity contribution in [1.82, 2.24) is 4.98 Å². The number of anilines is 1. The number of nitrogens with zero attached hydrogens (tertiary/aromatic N) is 2.